The van der Waals surface area contributed by atoms with Gasteiger partial charge >= 0.3 is 0 Å². The highest BCUT2D eigenvalue weighted by atomic mass is 16.5. The number of aryl methyl sites for hydroxylation is 1. The molecule has 1 heterocycles. The van der Waals surface area contributed by atoms with Crippen LogP contribution < -0.4 is 4.74 Å². The van der Waals surface area contributed by atoms with Crippen molar-refractivity contribution >= 4 is 21.8 Å². The molecular weight excluding hydrogens is 270 g/mol. The van der Waals surface area contributed by atoms with Crippen molar-refractivity contribution in [3.63, 3.8) is 0 Å². The van der Waals surface area contributed by atoms with E-state index in [2.05, 4.69) is 72.2 Å². The van der Waals surface area contributed by atoms with E-state index in [1.54, 1.807) is 7.11 Å². The van der Waals surface area contributed by atoms with Gasteiger partial charge in [-0.1, -0.05) is 35.9 Å². The van der Waals surface area contributed by atoms with Gasteiger partial charge in [-0.3, -0.25) is 0 Å². The van der Waals surface area contributed by atoms with Gasteiger partial charge in [0.25, 0.3) is 0 Å². The first-order valence-corrected chi connectivity index (χ1v) is 7.42. The molecule has 2 nitrogen and oxygen atoms in total. The maximum Gasteiger partial charge on any atom is 0.119 e. The average Bonchev–Trinajstić information content (AvgIpc) is 2.89. The van der Waals surface area contributed by atoms with Gasteiger partial charge in [-0.15, -0.1) is 0 Å². The van der Waals surface area contributed by atoms with Crippen LogP contribution in [0.5, 0.6) is 5.75 Å². The Morgan fingerprint density at radius 3 is 2.27 bits per heavy atom. The van der Waals surface area contributed by atoms with E-state index in [4.69, 9.17) is 4.74 Å². The Labute approximate surface area is 129 Å². The lowest BCUT2D eigenvalue weighted by Crippen LogP contribution is -1.93. The van der Waals surface area contributed by atoms with E-state index in [9.17, 15) is 0 Å². The predicted octanol–water partition coefficient (Wildman–Crippen LogP) is 5.10. The maximum atomic E-state index is 5.39. The standard InChI is InChI=1S/C20H17NO/c1-14-7-9-15(10-8-14)21-19-6-4-3-5-17(19)18-13-16(22-2)11-12-20(18)21/h3-13H,1-2H3. The minimum atomic E-state index is 0.888. The monoisotopic (exact) mass is 287 g/mol. The van der Waals surface area contributed by atoms with Gasteiger partial charge in [0.1, 0.15) is 5.75 Å². The summed E-state index contributed by atoms with van der Waals surface area (Å²) in [6.45, 7) is 2.11. The maximum absolute atomic E-state index is 5.39. The molecule has 0 amide bonds. The van der Waals surface area contributed by atoms with Gasteiger partial charge in [0.05, 0.1) is 18.1 Å². The second kappa shape index (κ2) is 4.92. The van der Waals surface area contributed by atoms with Crippen LogP contribution in [0.15, 0.2) is 66.7 Å². The zero-order valence-corrected chi connectivity index (χ0v) is 12.7. The van der Waals surface area contributed by atoms with Crippen LogP contribution in [-0.4, -0.2) is 11.7 Å². The topological polar surface area (TPSA) is 14.2 Å². The molecule has 0 spiro atoms. The Morgan fingerprint density at radius 1 is 0.773 bits per heavy atom. The molecule has 0 aliphatic rings. The predicted molar refractivity (Wildman–Crippen MR) is 92.1 cm³/mol. The lowest BCUT2D eigenvalue weighted by Gasteiger charge is -2.08. The quantitative estimate of drug-likeness (QED) is 0.500. The van der Waals surface area contributed by atoms with Crippen molar-refractivity contribution in [3.8, 4) is 11.4 Å². The summed E-state index contributed by atoms with van der Waals surface area (Å²) in [5, 5.41) is 2.47. The number of ether oxygens (including phenoxy) is 1. The van der Waals surface area contributed by atoms with Crippen molar-refractivity contribution in [2.45, 2.75) is 6.92 Å². The highest BCUT2D eigenvalue weighted by Crippen LogP contribution is 2.33. The normalized spacial score (nSPS) is 11.2. The molecule has 108 valence electrons. The first-order valence-electron chi connectivity index (χ1n) is 7.42. The Hall–Kier alpha value is -2.74. The molecule has 4 rings (SSSR count). The van der Waals surface area contributed by atoms with Crippen molar-refractivity contribution in [2.24, 2.45) is 0 Å². The van der Waals surface area contributed by atoms with Gasteiger partial charge < -0.3 is 9.30 Å². The van der Waals surface area contributed by atoms with Crippen LogP contribution in [0.3, 0.4) is 0 Å². The van der Waals surface area contributed by atoms with E-state index in [0.29, 0.717) is 0 Å². The van der Waals surface area contributed by atoms with Gasteiger partial charge in [0.2, 0.25) is 0 Å². The summed E-state index contributed by atoms with van der Waals surface area (Å²) in [5.74, 6) is 0.888. The highest BCUT2D eigenvalue weighted by molar-refractivity contribution is 6.09. The minimum absolute atomic E-state index is 0.888. The molecule has 22 heavy (non-hydrogen) atoms. The Kier molecular flexibility index (Phi) is 2.90. The summed E-state index contributed by atoms with van der Waals surface area (Å²) in [6, 6.07) is 23.4. The Morgan fingerprint density at radius 2 is 1.50 bits per heavy atom. The molecule has 2 heteroatoms. The molecule has 0 radical (unpaired) electrons. The lowest BCUT2D eigenvalue weighted by molar-refractivity contribution is 0.415. The van der Waals surface area contributed by atoms with Crippen molar-refractivity contribution < 1.29 is 4.74 Å². The Balaban J connectivity index is 2.13. The van der Waals surface area contributed by atoms with Gasteiger partial charge in [-0.2, -0.15) is 0 Å². The fraction of sp³-hybridized carbons (Fsp3) is 0.100. The van der Waals surface area contributed by atoms with E-state index in [1.807, 2.05) is 6.07 Å². The Bertz CT molecular complexity index is 964. The second-order valence-electron chi connectivity index (χ2n) is 5.57. The number of rotatable bonds is 2. The van der Waals surface area contributed by atoms with E-state index in [0.717, 1.165) is 5.75 Å². The van der Waals surface area contributed by atoms with E-state index >= 15 is 0 Å². The fourth-order valence-corrected chi connectivity index (χ4v) is 3.05. The first kappa shape index (κ1) is 13.0. The SMILES string of the molecule is COc1ccc2c(c1)c1ccccc1n2-c1ccc(C)cc1. The van der Waals surface area contributed by atoms with Crippen LogP contribution in [-0.2, 0) is 0 Å². The number of fused-ring (bicyclic) bond motifs is 3. The summed E-state index contributed by atoms with van der Waals surface area (Å²) in [4.78, 5) is 0. The van der Waals surface area contributed by atoms with Gasteiger partial charge in [-0.25, -0.2) is 0 Å². The summed E-state index contributed by atoms with van der Waals surface area (Å²) < 4.78 is 7.70. The molecule has 0 N–H and O–H groups in total. The molecule has 3 aromatic carbocycles. The largest absolute Gasteiger partial charge is 0.497 e. The summed E-state index contributed by atoms with van der Waals surface area (Å²) >= 11 is 0. The van der Waals surface area contributed by atoms with Crippen molar-refractivity contribution in [3.05, 3.63) is 72.3 Å². The van der Waals surface area contributed by atoms with E-state index < -0.39 is 0 Å². The number of hydrogen-bond acceptors (Lipinski definition) is 1. The zero-order chi connectivity index (χ0) is 15.1. The smallest absolute Gasteiger partial charge is 0.119 e. The van der Waals surface area contributed by atoms with Crippen LogP contribution in [0.4, 0.5) is 0 Å². The van der Waals surface area contributed by atoms with E-state index in [-0.39, 0.29) is 0 Å². The molecule has 0 aliphatic carbocycles. The minimum Gasteiger partial charge on any atom is -0.497 e. The van der Waals surface area contributed by atoms with Crippen LogP contribution in [0.25, 0.3) is 27.5 Å². The summed E-state index contributed by atoms with van der Waals surface area (Å²) in [6.07, 6.45) is 0. The van der Waals surface area contributed by atoms with Crippen molar-refractivity contribution in [2.75, 3.05) is 7.11 Å². The van der Waals surface area contributed by atoms with Crippen molar-refractivity contribution in [1.29, 1.82) is 0 Å². The number of methoxy groups -OCH3 is 1. The molecule has 0 aliphatic heterocycles. The average molecular weight is 287 g/mol. The molecular formula is C20H17NO. The third-order valence-electron chi connectivity index (χ3n) is 4.17. The van der Waals surface area contributed by atoms with Crippen LogP contribution >= 0.6 is 0 Å². The fourth-order valence-electron chi connectivity index (χ4n) is 3.05. The van der Waals surface area contributed by atoms with E-state index in [1.165, 1.54) is 33.1 Å². The number of nitrogens with zero attached hydrogens (tertiary/aromatic N) is 1. The summed E-state index contributed by atoms with van der Waals surface area (Å²) in [7, 11) is 1.71. The molecule has 0 atom stereocenters. The molecule has 0 saturated heterocycles. The third-order valence-corrected chi connectivity index (χ3v) is 4.17. The van der Waals surface area contributed by atoms with Crippen molar-refractivity contribution in [1.82, 2.24) is 4.57 Å². The molecule has 0 unspecified atom stereocenters. The highest BCUT2D eigenvalue weighted by Gasteiger charge is 2.12. The molecule has 0 bridgehead atoms. The zero-order valence-electron chi connectivity index (χ0n) is 12.7. The third kappa shape index (κ3) is 1.88. The van der Waals surface area contributed by atoms with Crippen LogP contribution in [0, 0.1) is 6.92 Å². The number of hydrogen-bond donors (Lipinski definition) is 0. The van der Waals surface area contributed by atoms with Gasteiger partial charge in [-0.05, 0) is 43.3 Å². The van der Waals surface area contributed by atoms with Crippen LogP contribution in [0.2, 0.25) is 0 Å². The summed E-state index contributed by atoms with van der Waals surface area (Å²) in [5.41, 5.74) is 4.87. The van der Waals surface area contributed by atoms with Gasteiger partial charge in [0.15, 0.2) is 0 Å². The van der Waals surface area contributed by atoms with Gasteiger partial charge in [0, 0.05) is 16.5 Å². The second-order valence-corrected chi connectivity index (χ2v) is 5.57. The molecule has 0 fully saturated rings. The molecule has 0 saturated carbocycles. The molecule has 4 aromatic rings. The molecule has 1 aromatic heterocycles. The van der Waals surface area contributed by atoms with Crippen LogP contribution in [0.1, 0.15) is 5.56 Å². The lowest BCUT2D eigenvalue weighted by atomic mass is 10.1. The number of aromatic nitrogens is 1. The number of para-hydroxylation sites is 1. The first-order chi connectivity index (χ1) is 10.8. The number of benzene rings is 3.